The molecule has 0 fully saturated rings. The average molecular weight is 451 g/mol. The molecule has 0 saturated heterocycles. The van der Waals surface area contributed by atoms with Crippen LogP contribution in [0.5, 0.6) is 5.75 Å². The molecule has 0 N–H and O–H groups in total. The maximum Gasteiger partial charge on any atom is 0.192 e. The molecular weight excluding hydrogens is 404 g/mol. The molecule has 178 valence electrons. The van der Waals surface area contributed by atoms with Gasteiger partial charge in [0.05, 0.1) is 25.9 Å². The van der Waals surface area contributed by atoms with E-state index in [1.54, 1.807) is 14.2 Å². The van der Waals surface area contributed by atoms with E-state index in [4.69, 9.17) is 18.6 Å². The molecule has 4 nitrogen and oxygen atoms in total. The lowest BCUT2D eigenvalue weighted by molar-refractivity contribution is -0.0863. The molecule has 1 aromatic rings. The topological polar surface area (TPSA) is 36.9 Å². The minimum Gasteiger partial charge on any atom is -0.497 e. The molecule has 1 rings (SSSR count). The molecule has 0 heterocycles. The highest BCUT2D eigenvalue weighted by Gasteiger charge is 2.41. The first-order valence-corrected chi connectivity index (χ1v) is 14.2. The normalized spacial score (nSPS) is 15.9. The zero-order chi connectivity index (χ0) is 23.9. The van der Waals surface area contributed by atoms with Gasteiger partial charge in [0.25, 0.3) is 0 Å². The van der Waals surface area contributed by atoms with Crippen molar-refractivity contribution in [3.63, 3.8) is 0 Å². The smallest absolute Gasteiger partial charge is 0.192 e. The third-order valence-electron chi connectivity index (χ3n) is 6.80. The van der Waals surface area contributed by atoms with Crippen molar-refractivity contribution in [3.8, 4) is 5.75 Å². The van der Waals surface area contributed by atoms with E-state index >= 15 is 0 Å². The molecule has 0 aliphatic heterocycles. The fraction of sp³-hybridized carbons (Fsp3) is 0.692. The van der Waals surface area contributed by atoms with Gasteiger partial charge in [-0.25, -0.2) is 0 Å². The first-order chi connectivity index (χ1) is 14.3. The Labute approximate surface area is 192 Å². The number of methoxy groups -OCH3 is 2. The standard InChI is InChI=1S/C26H46O4Si/c1-12-20(2)23(28-9)17-24(29-18-21-13-15-22(27-8)16-14-21)26(6,7)19-30-31(10,11)25(3,4)5/h12-16,20,23-24H,1,17-19H2,2-11H3/t20-,23-,24-/m0/s1. The molecule has 0 aliphatic carbocycles. The summed E-state index contributed by atoms with van der Waals surface area (Å²) in [5, 5.41) is 0.176. The van der Waals surface area contributed by atoms with Crippen LogP contribution in [-0.4, -0.2) is 41.4 Å². The summed E-state index contributed by atoms with van der Waals surface area (Å²) in [6.45, 7) is 23.2. The van der Waals surface area contributed by atoms with E-state index in [1.807, 2.05) is 18.2 Å². The van der Waals surface area contributed by atoms with Gasteiger partial charge in [0, 0.05) is 31.5 Å². The van der Waals surface area contributed by atoms with Crippen LogP contribution in [-0.2, 0) is 20.5 Å². The van der Waals surface area contributed by atoms with Crippen molar-refractivity contribution in [1.82, 2.24) is 0 Å². The molecule has 0 saturated carbocycles. The molecule has 0 amide bonds. The SMILES string of the molecule is C=C[C@H](C)[C@H](C[C@H](OCc1ccc(OC)cc1)C(C)(C)CO[Si](C)(C)C(C)(C)C)OC. The molecule has 0 aliphatic rings. The summed E-state index contributed by atoms with van der Waals surface area (Å²) in [4.78, 5) is 0. The van der Waals surface area contributed by atoms with Crippen molar-refractivity contribution in [3.05, 3.63) is 42.5 Å². The van der Waals surface area contributed by atoms with E-state index in [0.29, 0.717) is 13.2 Å². The summed E-state index contributed by atoms with van der Waals surface area (Å²) < 4.78 is 24.2. The van der Waals surface area contributed by atoms with E-state index < -0.39 is 8.32 Å². The Morgan fingerprint density at radius 1 is 1.03 bits per heavy atom. The van der Waals surface area contributed by atoms with Crippen LogP contribution in [0.15, 0.2) is 36.9 Å². The van der Waals surface area contributed by atoms with E-state index in [9.17, 15) is 0 Å². The van der Waals surface area contributed by atoms with Gasteiger partial charge in [0.1, 0.15) is 5.75 Å². The molecular formula is C26H46O4Si. The molecule has 1 aromatic carbocycles. The lowest BCUT2D eigenvalue weighted by Gasteiger charge is -2.42. The molecule has 3 atom stereocenters. The number of ether oxygens (including phenoxy) is 3. The van der Waals surface area contributed by atoms with Gasteiger partial charge in [0.2, 0.25) is 0 Å². The van der Waals surface area contributed by atoms with Crippen molar-refractivity contribution < 1.29 is 18.6 Å². The Kier molecular flexibility index (Phi) is 10.5. The van der Waals surface area contributed by atoms with E-state index in [0.717, 1.165) is 17.7 Å². The van der Waals surface area contributed by atoms with Crippen LogP contribution in [0.4, 0.5) is 0 Å². The minimum absolute atomic E-state index is 0.0216. The first-order valence-electron chi connectivity index (χ1n) is 11.3. The highest BCUT2D eigenvalue weighted by atomic mass is 28.4. The second-order valence-electron chi connectivity index (χ2n) is 10.8. The predicted octanol–water partition coefficient (Wildman–Crippen LogP) is 6.86. The zero-order valence-electron chi connectivity index (χ0n) is 21.6. The summed E-state index contributed by atoms with van der Waals surface area (Å²) in [6, 6.07) is 8.04. The lowest BCUT2D eigenvalue weighted by atomic mass is 9.82. The van der Waals surface area contributed by atoms with Crippen LogP contribution in [0, 0.1) is 11.3 Å². The number of hydrogen-bond acceptors (Lipinski definition) is 4. The van der Waals surface area contributed by atoms with Crippen molar-refractivity contribution in [2.24, 2.45) is 11.3 Å². The fourth-order valence-electron chi connectivity index (χ4n) is 3.10. The predicted molar refractivity (Wildman–Crippen MR) is 133 cm³/mol. The van der Waals surface area contributed by atoms with Crippen molar-refractivity contribution >= 4 is 8.32 Å². The van der Waals surface area contributed by atoms with Gasteiger partial charge in [-0.1, -0.05) is 59.8 Å². The summed E-state index contributed by atoms with van der Waals surface area (Å²) in [5.74, 6) is 1.09. The number of rotatable bonds is 13. The van der Waals surface area contributed by atoms with Crippen LogP contribution in [0.1, 0.15) is 53.5 Å². The van der Waals surface area contributed by atoms with Crippen LogP contribution in [0.2, 0.25) is 18.1 Å². The van der Waals surface area contributed by atoms with Crippen LogP contribution in [0.3, 0.4) is 0 Å². The quantitative estimate of drug-likeness (QED) is 0.243. The Bertz CT molecular complexity index is 661. The fourth-order valence-corrected chi connectivity index (χ4v) is 4.26. The van der Waals surface area contributed by atoms with E-state index in [-0.39, 0.29) is 28.6 Å². The van der Waals surface area contributed by atoms with Crippen LogP contribution in [0.25, 0.3) is 0 Å². The largest absolute Gasteiger partial charge is 0.497 e. The van der Waals surface area contributed by atoms with Gasteiger partial charge in [0.15, 0.2) is 8.32 Å². The third-order valence-corrected chi connectivity index (χ3v) is 11.3. The second-order valence-corrected chi connectivity index (χ2v) is 15.6. The van der Waals surface area contributed by atoms with E-state index in [2.05, 4.69) is 73.3 Å². The monoisotopic (exact) mass is 450 g/mol. The van der Waals surface area contributed by atoms with Gasteiger partial charge in [-0.3, -0.25) is 0 Å². The van der Waals surface area contributed by atoms with Gasteiger partial charge < -0.3 is 18.6 Å². The third kappa shape index (κ3) is 8.37. The Hall–Kier alpha value is -1.14. The highest BCUT2D eigenvalue weighted by Crippen LogP contribution is 2.39. The van der Waals surface area contributed by atoms with Gasteiger partial charge in [-0.05, 0) is 35.8 Å². The average Bonchev–Trinajstić information content (AvgIpc) is 2.71. The Morgan fingerprint density at radius 3 is 2.06 bits per heavy atom. The van der Waals surface area contributed by atoms with Crippen molar-refractivity contribution in [2.75, 3.05) is 20.8 Å². The second kappa shape index (κ2) is 11.6. The van der Waals surface area contributed by atoms with E-state index in [1.165, 1.54) is 0 Å². The maximum atomic E-state index is 6.61. The van der Waals surface area contributed by atoms with Gasteiger partial charge in [-0.2, -0.15) is 0 Å². The van der Waals surface area contributed by atoms with Crippen molar-refractivity contribution in [1.29, 1.82) is 0 Å². The minimum atomic E-state index is -1.85. The van der Waals surface area contributed by atoms with Crippen LogP contribution < -0.4 is 4.74 Å². The first kappa shape index (κ1) is 27.9. The molecule has 0 spiro atoms. The molecule has 31 heavy (non-hydrogen) atoms. The summed E-state index contributed by atoms with van der Waals surface area (Å²) in [6.07, 6.45) is 2.76. The number of hydrogen-bond donors (Lipinski definition) is 0. The molecule has 0 unspecified atom stereocenters. The van der Waals surface area contributed by atoms with Crippen molar-refractivity contribution in [2.45, 2.75) is 84.9 Å². The maximum absolute atomic E-state index is 6.61. The summed E-state index contributed by atoms with van der Waals surface area (Å²) >= 11 is 0. The Morgan fingerprint density at radius 2 is 1.61 bits per heavy atom. The summed E-state index contributed by atoms with van der Waals surface area (Å²) in [5.41, 5.74) is 0.956. The Balaban J connectivity index is 3.01. The van der Waals surface area contributed by atoms with Gasteiger partial charge >= 0.3 is 0 Å². The summed E-state index contributed by atoms with van der Waals surface area (Å²) in [7, 11) is 1.60. The molecule has 0 radical (unpaired) electrons. The zero-order valence-corrected chi connectivity index (χ0v) is 22.6. The highest BCUT2D eigenvalue weighted by molar-refractivity contribution is 6.74. The van der Waals surface area contributed by atoms with Crippen LogP contribution >= 0.6 is 0 Å². The lowest BCUT2D eigenvalue weighted by Crippen LogP contribution is -2.46. The number of benzene rings is 1. The van der Waals surface area contributed by atoms with Gasteiger partial charge in [-0.15, -0.1) is 6.58 Å². The molecule has 0 bridgehead atoms. The molecule has 5 heteroatoms. The molecule has 0 aromatic heterocycles.